The highest BCUT2D eigenvalue weighted by Crippen LogP contribution is 2.30. The summed E-state index contributed by atoms with van der Waals surface area (Å²) in [5.74, 6) is -0.271. The number of nitrogens with zero attached hydrogens (tertiary/aromatic N) is 1. The Morgan fingerprint density at radius 1 is 1.10 bits per heavy atom. The molecule has 0 saturated carbocycles. The van der Waals surface area contributed by atoms with Crippen molar-refractivity contribution in [3.05, 3.63) is 71.9 Å². The fourth-order valence-corrected chi connectivity index (χ4v) is 3.92. The van der Waals surface area contributed by atoms with Crippen LogP contribution in [0.5, 0.6) is 0 Å². The first-order chi connectivity index (χ1) is 13.7. The van der Waals surface area contributed by atoms with Crippen molar-refractivity contribution >= 4 is 15.7 Å². The molecule has 7 heteroatoms. The van der Waals surface area contributed by atoms with Crippen molar-refractivity contribution < 1.29 is 18.3 Å². The lowest BCUT2D eigenvalue weighted by molar-refractivity contribution is -0.123. The maximum atomic E-state index is 12.2. The summed E-state index contributed by atoms with van der Waals surface area (Å²) in [6.45, 7) is 3.43. The van der Waals surface area contributed by atoms with Gasteiger partial charge in [0.2, 0.25) is 5.91 Å². The van der Waals surface area contributed by atoms with E-state index < -0.39 is 16.1 Å². The van der Waals surface area contributed by atoms with Crippen LogP contribution in [0.1, 0.15) is 18.2 Å². The summed E-state index contributed by atoms with van der Waals surface area (Å²) in [6.07, 6.45) is 0.393. The van der Waals surface area contributed by atoms with Crippen LogP contribution in [0.4, 0.5) is 0 Å². The molecule has 1 amide bonds. The largest absolute Gasteiger partial charge is 0.374 e. The van der Waals surface area contributed by atoms with Gasteiger partial charge in [0.25, 0.3) is 0 Å². The molecule has 2 aromatic carbocycles. The molecule has 0 spiro atoms. The second-order valence-corrected chi connectivity index (χ2v) is 9.04. The van der Waals surface area contributed by atoms with E-state index in [9.17, 15) is 18.3 Å². The molecule has 29 heavy (non-hydrogen) atoms. The fraction of sp³-hybridized carbons (Fsp3) is 0.227. The minimum atomic E-state index is -3.28. The number of nitrogens with one attached hydrogen (secondary N) is 1. The molecule has 0 saturated heterocycles. The molecule has 1 heterocycles. The van der Waals surface area contributed by atoms with E-state index in [4.69, 9.17) is 0 Å². The molecule has 2 N–H and O–H groups in total. The molecule has 6 nitrogen and oxygen atoms in total. The van der Waals surface area contributed by atoms with Gasteiger partial charge in [0.05, 0.1) is 17.0 Å². The lowest BCUT2D eigenvalue weighted by Crippen LogP contribution is -2.33. The molecule has 1 unspecified atom stereocenters. The van der Waals surface area contributed by atoms with Gasteiger partial charge in [-0.15, -0.1) is 0 Å². The quantitative estimate of drug-likeness (QED) is 0.610. The highest BCUT2D eigenvalue weighted by atomic mass is 32.2. The van der Waals surface area contributed by atoms with E-state index in [1.807, 2.05) is 47.9 Å². The third kappa shape index (κ3) is 4.75. The van der Waals surface area contributed by atoms with Crippen molar-refractivity contribution in [2.75, 3.05) is 6.26 Å². The first-order valence-corrected chi connectivity index (χ1v) is 11.1. The number of carbonyl (C=O) groups is 1. The number of aliphatic hydroxyl groups excluding tert-OH is 1. The van der Waals surface area contributed by atoms with E-state index in [1.54, 1.807) is 24.3 Å². The number of aliphatic hydroxyl groups is 1. The van der Waals surface area contributed by atoms with Crippen LogP contribution in [0.25, 0.3) is 16.9 Å². The molecule has 1 aromatic heterocycles. The van der Waals surface area contributed by atoms with E-state index in [0.717, 1.165) is 28.2 Å². The summed E-state index contributed by atoms with van der Waals surface area (Å²) in [6, 6.07) is 18.4. The summed E-state index contributed by atoms with van der Waals surface area (Å²) in [7, 11) is -3.28. The van der Waals surface area contributed by atoms with E-state index in [-0.39, 0.29) is 17.2 Å². The van der Waals surface area contributed by atoms with Gasteiger partial charge in [0.1, 0.15) is 6.23 Å². The Hall–Kier alpha value is -2.90. The summed E-state index contributed by atoms with van der Waals surface area (Å²) >= 11 is 0. The summed E-state index contributed by atoms with van der Waals surface area (Å²) in [5, 5.41) is 11.9. The lowest BCUT2D eigenvalue weighted by Gasteiger charge is -2.13. The average molecular weight is 413 g/mol. The molecule has 0 fully saturated rings. The van der Waals surface area contributed by atoms with Crippen LogP contribution in [0.2, 0.25) is 0 Å². The fourth-order valence-electron chi connectivity index (χ4n) is 3.29. The second-order valence-electron chi connectivity index (χ2n) is 7.03. The van der Waals surface area contributed by atoms with Crippen LogP contribution in [0, 0.1) is 6.92 Å². The van der Waals surface area contributed by atoms with Crippen LogP contribution < -0.4 is 5.32 Å². The molecule has 152 valence electrons. The van der Waals surface area contributed by atoms with Crippen LogP contribution in [-0.4, -0.2) is 36.5 Å². The number of hydrogen-bond donors (Lipinski definition) is 2. The smallest absolute Gasteiger partial charge is 0.226 e. The molecule has 0 bridgehead atoms. The number of hydrogen-bond acceptors (Lipinski definition) is 4. The minimum absolute atomic E-state index is 0.130. The van der Waals surface area contributed by atoms with Gasteiger partial charge >= 0.3 is 0 Å². The van der Waals surface area contributed by atoms with Crippen molar-refractivity contribution in [3.8, 4) is 16.9 Å². The highest BCUT2D eigenvalue weighted by Gasteiger charge is 2.18. The third-order valence-electron chi connectivity index (χ3n) is 4.67. The number of aromatic nitrogens is 1. The number of rotatable bonds is 6. The predicted octanol–water partition coefficient (Wildman–Crippen LogP) is 2.85. The zero-order chi connectivity index (χ0) is 21.2. The van der Waals surface area contributed by atoms with Crippen molar-refractivity contribution in [1.29, 1.82) is 0 Å². The molecule has 0 aliphatic carbocycles. The van der Waals surface area contributed by atoms with Crippen molar-refractivity contribution in [2.24, 2.45) is 0 Å². The summed E-state index contributed by atoms with van der Waals surface area (Å²) < 4.78 is 25.6. The standard InChI is InChI=1S/C22H24N2O4S/c1-15-18(14-22(26)23-16(2)25)13-21(24(15)19-7-5-4-6-8-19)17-9-11-20(12-10-17)29(3,27)28/h4-13,16,25H,14H2,1-3H3,(H,23,26). The minimum Gasteiger partial charge on any atom is -0.374 e. The molecular formula is C22H24N2O4S. The van der Waals surface area contributed by atoms with Gasteiger partial charge < -0.3 is 15.0 Å². The highest BCUT2D eigenvalue weighted by molar-refractivity contribution is 7.90. The molecule has 3 rings (SSSR count). The summed E-state index contributed by atoms with van der Waals surface area (Å²) in [4.78, 5) is 12.4. The molecule has 0 aliphatic rings. The maximum Gasteiger partial charge on any atom is 0.226 e. The molecule has 3 aromatic rings. The van der Waals surface area contributed by atoms with Gasteiger partial charge in [-0.05, 0) is 55.3 Å². The van der Waals surface area contributed by atoms with E-state index in [1.165, 1.54) is 13.2 Å². The number of carbonyl (C=O) groups excluding carboxylic acids is 1. The number of para-hydroxylation sites is 1. The molecule has 1 atom stereocenters. The maximum absolute atomic E-state index is 12.2. The van der Waals surface area contributed by atoms with Gasteiger partial charge in [-0.2, -0.15) is 0 Å². The Morgan fingerprint density at radius 2 is 1.72 bits per heavy atom. The van der Waals surface area contributed by atoms with Crippen LogP contribution >= 0.6 is 0 Å². The van der Waals surface area contributed by atoms with Crippen molar-refractivity contribution in [1.82, 2.24) is 9.88 Å². The Bertz CT molecular complexity index is 1120. The molecule has 0 aliphatic heterocycles. The van der Waals surface area contributed by atoms with Crippen molar-refractivity contribution in [3.63, 3.8) is 0 Å². The lowest BCUT2D eigenvalue weighted by atomic mass is 10.1. The first-order valence-electron chi connectivity index (χ1n) is 9.21. The molecule has 0 radical (unpaired) electrons. The normalized spacial score (nSPS) is 12.6. The number of benzene rings is 2. The van der Waals surface area contributed by atoms with E-state index in [0.29, 0.717) is 0 Å². The van der Waals surface area contributed by atoms with Crippen molar-refractivity contribution in [2.45, 2.75) is 31.4 Å². The van der Waals surface area contributed by atoms with Gasteiger partial charge in [0.15, 0.2) is 9.84 Å². The number of amides is 1. The van der Waals surface area contributed by atoms with Gasteiger partial charge in [0, 0.05) is 17.6 Å². The monoisotopic (exact) mass is 412 g/mol. The van der Waals surface area contributed by atoms with Gasteiger partial charge in [-0.25, -0.2) is 8.42 Å². The Labute approximate surface area is 170 Å². The van der Waals surface area contributed by atoms with Gasteiger partial charge in [-0.3, -0.25) is 4.79 Å². The third-order valence-corrected chi connectivity index (χ3v) is 5.79. The van der Waals surface area contributed by atoms with E-state index >= 15 is 0 Å². The Morgan fingerprint density at radius 3 is 2.28 bits per heavy atom. The average Bonchev–Trinajstić information content (AvgIpc) is 2.97. The first kappa shape index (κ1) is 20.8. The topological polar surface area (TPSA) is 88.4 Å². The Kier molecular flexibility index (Phi) is 5.91. The van der Waals surface area contributed by atoms with Crippen LogP contribution in [0.15, 0.2) is 65.6 Å². The van der Waals surface area contributed by atoms with Crippen LogP contribution in [0.3, 0.4) is 0 Å². The predicted molar refractivity (Wildman–Crippen MR) is 113 cm³/mol. The van der Waals surface area contributed by atoms with E-state index in [2.05, 4.69) is 5.32 Å². The molecular weight excluding hydrogens is 388 g/mol. The zero-order valence-corrected chi connectivity index (χ0v) is 17.4. The Balaban J connectivity index is 2.10. The number of sulfone groups is 1. The van der Waals surface area contributed by atoms with Gasteiger partial charge in [-0.1, -0.05) is 30.3 Å². The second kappa shape index (κ2) is 8.23. The zero-order valence-electron chi connectivity index (χ0n) is 16.6. The summed E-state index contributed by atoms with van der Waals surface area (Å²) in [5.41, 5.74) is 4.36. The van der Waals surface area contributed by atoms with Crippen LogP contribution in [-0.2, 0) is 21.1 Å². The SMILES string of the molecule is Cc1c(CC(=O)NC(C)O)cc(-c2ccc(S(C)(=O)=O)cc2)n1-c1ccccc1.